The number of nitriles is 1. The van der Waals surface area contributed by atoms with E-state index in [0.717, 1.165) is 43.0 Å². The van der Waals surface area contributed by atoms with Crippen molar-refractivity contribution in [1.82, 2.24) is 15.8 Å². The maximum absolute atomic E-state index is 13.9. The van der Waals surface area contributed by atoms with Gasteiger partial charge in [-0.1, -0.05) is 24.3 Å². The molecule has 1 fully saturated rings. The molecule has 8 heteroatoms. The second-order valence-corrected chi connectivity index (χ2v) is 7.10. The van der Waals surface area contributed by atoms with Crippen molar-refractivity contribution in [1.29, 1.82) is 5.26 Å². The average Bonchev–Trinajstić information content (AvgIpc) is 2.70. The first-order valence-electron chi connectivity index (χ1n) is 9.09. The number of nitrogens with two attached hydrogens (primary N) is 1. The minimum Gasteiger partial charge on any atom is -0.375 e. The van der Waals surface area contributed by atoms with Gasteiger partial charge in [-0.3, -0.25) is 10.3 Å². The van der Waals surface area contributed by atoms with E-state index in [4.69, 9.17) is 18.0 Å². The molecule has 2 aromatic carbocycles. The number of hydrogen-bond donors (Lipinski definition) is 3. The molecule has 3 rings (SSSR count). The second kappa shape index (κ2) is 9.46. The van der Waals surface area contributed by atoms with E-state index in [1.165, 1.54) is 6.07 Å². The van der Waals surface area contributed by atoms with Gasteiger partial charge in [-0.05, 0) is 36.0 Å². The number of piperazine rings is 1. The number of rotatable bonds is 6. The van der Waals surface area contributed by atoms with Gasteiger partial charge in [0.05, 0.1) is 11.3 Å². The molecule has 1 saturated heterocycles. The van der Waals surface area contributed by atoms with Crippen molar-refractivity contribution in [3.05, 3.63) is 65.0 Å². The Morgan fingerprint density at radius 3 is 2.61 bits per heavy atom. The molecule has 0 aromatic heterocycles. The van der Waals surface area contributed by atoms with Gasteiger partial charge in [-0.15, -0.1) is 0 Å². The Morgan fingerprint density at radius 1 is 1.18 bits per heavy atom. The van der Waals surface area contributed by atoms with Gasteiger partial charge in [-0.2, -0.15) is 5.26 Å². The lowest BCUT2D eigenvalue weighted by Gasteiger charge is -2.36. The van der Waals surface area contributed by atoms with Crippen LogP contribution >= 0.6 is 12.2 Å². The number of hydrazine groups is 1. The van der Waals surface area contributed by atoms with Gasteiger partial charge in [0.25, 0.3) is 0 Å². The van der Waals surface area contributed by atoms with E-state index in [-0.39, 0.29) is 10.9 Å². The normalized spacial score (nSPS) is 14.5. The minimum atomic E-state index is -0.161. The van der Waals surface area contributed by atoms with Crippen molar-refractivity contribution in [2.45, 2.75) is 13.1 Å². The molecule has 6 nitrogen and oxygen atoms in total. The van der Waals surface area contributed by atoms with E-state index in [1.54, 1.807) is 6.07 Å². The standard InChI is InChI=1S/C20H23FN6S/c21-18-4-2-1-3-16(18)14-26-7-9-27(10-8-26)19-6-5-15(11-17(19)12-22)13-24-25-20(23)28/h1-6,11,24H,7-10,13-14H2,(H3,23,25,28). The molecule has 0 atom stereocenters. The highest BCUT2D eigenvalue weighted by atomic mass is 32.1. The Hall–Kier alpha value is -2.73. The minimum absolute atomic E-state index is 0.161. The maximum Gasteiger partial charge on any atom is 0.178 e. The number of nitrogens with one attached hydrogen (secondary N) is 2. The van der Waals surface area contributed by atoms with Crippen LogP contribution in [0, 0.1) is 17.1 Å². The fraction of sp³-hybridized carbons (Fsp3) is 0.300. The third kappa shape index (κ3) is 5.16. The van der Waals surface area contributed by atoms with Crippen molar-refractivity contribution in [2.24, 2.45) is 5.73 Å². The summed E-state index contributed by atoms with van der Waals surface area (Å²) < 4.78 is 13.9. The van der Waals surface area contributed by atoms with Gasteiger partial charge >= 0.3 is 0 Å². The highest BCUT2D eigenvalue weighted by molar-refractivity contribution is 7.80. The molecule has 1 heterocycles. The summed E-state index contributed by atoms with van der Waals surface area (Å²) in [4.78, 5) is 4.45. The molecule has 0 aliphatic carbocycles. The SMILES string of the molecule is N#Cc1cc(CNNC(N)=S)ccc1N1CCN(Cc2ccccc2F)CC1. The average molecular weight is 399 g/mol. The van der Waals surface area contributed by atoms with Gasteiger partial charge in [0.1, 0.15) is 11.9 Å². The highest BCUT2D eigenvalue weighted by Gasteiger charge is 2.20. The van der Waals surface area contributed by atoms with E-state index in [9.17, 15) is 9.65 Å². The van der Waals surface area contributed by atoms with Crippen LogP contribution < -0.4 is 21.5 Å². The van der Waals surface area contributed by atoms with E-state index in [2.05, 4.69) is 26.7 Å². The number of benzene rings is 2. The van der Waals surface area contributed by atoms with Crippen molar-refractivity contribution in [2.75, 3.05) is 31.1 Å². The fourth-order valence-corrected chi connectivity index (χ4v) is 3.38. The Kier molecular flexibility index (Phi) is 6.76. The third-order valence-electron chi connectivity index (χ3n) is 4.75. The molecule has 0 saturated carbocycles. The number of nitrogens with zero attached hydrogens (tertiary/aromatic N) is 3. The highest BCUT2D eigenvalue weighted by Crippen LogP contribution is 2.23. The summed E-state index contributed by atoms with van der Waals surface area (Å²) in [5, 5.41) is 9.73. The van der Waals surface area contributed by atoms with Crippen LogP contribution in [0.4, 0.5) is 10.1 Å². The van der Waals surface area contributed by atoms with Gasteiger partial charge in [0.2, 0.25) is 0 Å². The van der Waals surface area contributed by atoms with Crippen LogP contribution in [0.5, 0.6) is 0 Å². The van der Waals surface area contributed by atoms with Crippen LogP contribution in [0.2, 0.25) is 0 Å². The van der Waals surface area contributed by atoms with E-state index in [0.29, 0.717) is 18.7 Å². The summed E-state index contributed by atoms with van der Waals surface area (Å²) in [6.07, 6.45) is 0. The summed E-state index contributed by atoms with van der Waals surface area (Å²) in [5.74, 6) is -0.161. The maximum atomic E-state index is 13.9. The molecule has 0 spiro atoms. The summed E-state index contributed by atoms with van der Waals surface area (Å²) >= 11 is 4.74. The van der Waals surface area contributed by atoms with Crippen LogP contribution in [0.25, 0.3) is 0 Å². The summed E-state index contributed by atoms with van der Waals surface area (Å²) in [6, 6.07) is 15.0. The first-order chi connectivity index (χ1) is 13.6. The summed E-state index contributed by atoms with van der Waals surface area (Å²) in [5.41, 5.74) is 14.2. The van der Waals surface area contributed by atoms with E-state index < -0.39 is 0 Å². The summed E-state index contributed by atoms with van der Waals surface area (Å²) in [7, 11) is 0. The number of hydrogen-bond acceptors (Lipinski definition) is 5. The van der Waals surface area contributed by atoms with Gasteiger partial charge in [0.15, 0.2) is 5.11 Å². The second-order valence-electron chi connectivity index (χ2n) is 6.66. The van der Waals surface area contributed by atoms with Crippen LogP contribution in [0.15, 0.2) is 42.5 Å². The predicted molar refractivity (Wildman–Crippen MR) is 112 cm³/mol. The van der Waals surface area contributed by atoms with Gasteiger partial charge in [0, 0.05) is 44.8 Å². The smallest absolute Gasteiger partial charge is 0.178 e. The molecular weight excluding hydrogens is 375 g/mol. The molecule has 0 bridgehead atoms. The lowest BCUT2D eigenvalue weighted by molar-refractivity contribution is 0.246. The van der Waals surface area contributed by atoms with Crippen LogP contribution in [-0.4, -0.2) is 36.2 Å². The lowest BCUT2D eigenvalue weighted by Crippen LogP contribution is -2.46. The lowest BCUT2D eigenvalue weighted by atomic mass is 10.1. The van der Waals surface area contributed by atoms with Crippen molar-refractivity contribution >= 4 is 23.0 Å². The van der Waals surface area contributed by atoms with E-state index in [1.807, 2.05) is 30.3 Å². The molecule has 1 aliphatic heterocycles. The third-order valence-corrected chi connectivity index (χ3v) is 4.85. The Morgan fingerprint density at radius 2 is 1.93 bits per heavy atom. The first-order valence-corrected chi connectivity index (χ1v) is 9.49. The van der Waals surface area contributed by atoms with Gasteiger partial charge < -0.3 is 10.6 Å². The molecule has 0 amide bonds. The monoisotopic (exact) mass is 398 g/mol. The van der Waals surface area contributed by atoms with Crippen LogP contribution in [-0.2, 0) is 13.1 Å². The van der Waals surface area contributed by atoms with Crippen LogP contribution in [0.3, 0.4) is 0 Å². The molecule has 1 aliphatic rings. The van der Waals surface area contributed by atoms with Crippen molar-refractivity contribution in [3.63, 3.8) is 0 Å². The zero-order valence-corrected chi connectivity index (χ0v) is 16.3. The number of halogens is 1. The topological polar surface area (TPSA) is 80.3 Å². The molecule has 146 valence electrons. The first kappa shape index (κ1) is 20.0. The van der Waals surface area contributed by atoms with Crippen molar-refractivity contribution in [3.8, 4) is 6.07 Å². The molecule has 4 N–H and O–H groups in total. The zero-order chi connectivity index (χ0) is 19.9. The molecule has 0 radical (unpaired) electrons. The predicted octanol–water partition coefficient (Wildman–Crippen LogP) is 1.86. The molecule has 28 heavy (non-hydrogen) atoms. The largest absolute Gasteiger partial charge is 0.375 e. The number of anilines is 1. The Bertz CT molecular complexity index is 873. The van der Waals surface area contributed by atoms with Crippen LogP contribution in [0.1, 0.15) is 16.7 Å². The molecular formula is C20H23FN6S. The molecule has 0 unspecified atom stereocenters. The quantitative estimate of drug-likeness (QED) is 0.506. The fourth-order valence-electron chi connectivity index (χ4n) is 3.31. The zero-order valence-electron chi connectivity index (χ0n) is 15.5. The Balaban J connectivity index is 1.59. The van der Waals surface area contributed by atoms with Crippen molar-refractivity contribution < 1.29 is 4.39 Å². The van der Waals surface area contributed by atoms with E-state index >= 15 is 0 Å². The van der Waals surface area contributed by atoms with Gasteiger partial charge in [-0.25, -0.2) is 9.82 Å². The summed E-state index contributed by atoms with van der Waals surface area (Å²) in [6.45, 7) is 4.34. The molecule has 2 aromatic rings. The number of thiocarbonyl (C=S) groups is 1. The Labute approximate surface area is 169 Å².